The normalized spacial score (nSPS) is 13.4. The minimum Gasteiger partial charge on any atom is -0.338 e. The maximum atomic E-state index is 11.8. The van der Waals surface area contributed by atoms with E-state index in [1.165, 1.54) is 0 Å². The van der Waals surface area contributed by atoms with Gasteiger partial charge in [0.2, 0.25) is 5.91 Å². The number of nitrogens with zero attached hydrogens (tertiary/aromatic N) is 3. The first-order valence-corrected chi connectivity index (χ1v) is 8.96. The van der Waals surface area contributed by atoms with E-state index in [9.17, 15) is 4.79 Å². The van der Waals surface area contributed by atoms with Crippen LogP contribution in [0.1, 0.15) is 18.2 Å². The molecule has 0 aliphatic carbocycles. The number of rotatable bonds is 2. The highest BCUT2D eigenvalue weighted by molar-refractivity contribution is 6.30. The molecular formula is C21H18ClN3O. The van der Waals surface area contributed by atoms with Crippen LogP contribution in [0, 0.1) is 0 Å². The van der Waals surface area contributed by atoms with Crippen LogP contribution in [0.4, 0.5) is 0 Å². The van der Waals surface area contributed by atoms with E-state index >= 15 is 0 Å². The Hall–Kier alpha value is -2.72. The van der Waals surface area contributed by atoms with Gasteiger partial charge in [-0.05, 0) is 24.3 Å². The standard InChI is InChI=1S/C21H18ClN3O/c1-14(26)25-12-11-19-18(13-25)20(15-5-3-2-4-6-15)24-21(23-19)16-7-9-17(22)10-8-16/h2-10H,11-13H2,1H3. The van der Waals surface area contributed by atoms with Gasteiger partial charge < -0.3 is 4.90 Å². The maximum Gasteiger partial charge on any atom is 0.219 e. The van der Waals surface area contributed by atoms with Crippen LogP contribution in [0.3, 0.4) is 0 Å². The van der Waals surface area contributed by atoms with E-state index in [0.717, 1.165) is 34.5 Å². The summed E-state index contributed by atoms with van der Waals surface area (Å²) in [6, 6.07) is 17.6. The van der Waals surface area contributed by atoms with Gasteiger partial charge in [0.15, 0.2) is 5.82 Å². The summed E-state index contributed by atoms with van der Waals surface area (Å²) in [7, 11) is 0. The number of hydrogen-bond donors (Lipinski definition) is 0. The van der Waals surface area contributed by atoms with Gasteiger partial charge in [-0.25, -0.2) is 9.97 Å². The van der Waals surface area contributed by atoms with Gasteiger partial charge in [-0.1, -0.05) is 41.9 Å². The first-order chi connectivity index (χ1) is 12.6. The highest BCUT2D eigenvalue weighted by Gasteiger charge is 2.24. The second-order valence-corrected chi connectivity index (χ2v) is 6.82. The van der Waals surface area contributed by atoms with Gasteiger partial charge in [0.05, 0.1) is 11.4 Å². The number of fused-ring (bicyclic) bond motifs is 1. The third-order valence-electron chi connectivity index (χ3n) is 4.66. The van der Waals surface area contributed by atoms with Crippen LogP contribution >= 0.6 is 11.6 Å². The van der Waals surface area contributed by atoms with Crippen molar-refractivity contribution in [1.29, 1.82) is 0 Å². The van der Waals surface area contributed by atoms with Crippen LogP contribution in [0.2, 0.25) is 5.02 Å². The Morgan fingerprint density at radius 3 is 2.42 bits per heavy atom. The molecule has 2 heterocycles. The summed E-state index contributed by atoms with van der Waals surface area (Å²) < 4.78 is 0. The lowest BCUT2D eigenvalue weighted by Gasteiger charge is -2.29. The van der Waals surface area contributed by atoms with Crippen LogP contribution in [-0.2, 0) is 17.8 Å². The minimum atomic E-state index is 0.0800. The van der Waals surface area contributed by atoms with Crippen molar-refractivity contribution >= 4 is 17.5 Å². The Balaban J connectivity index is 1.87. The fourth-order valence-corrected chi connectivity index (χ4v) is 3.37. The third kappa shape index (κ3) is 3.20. The van der Waals surface area contributed by atoms with Gasteiger partial charge in [-0.2, -0.15) is 0 Å². The molecule has 4 rings (SSSR count). The summed E-state index contributed by atoms with van der Waals surface area (Å²) in [5.74, 6) is 0.770. The van der Waals surface area contributed by atoms with E-state index in [1.54, 1.807) is 6.92 Å². The van der Waals surface area contributed by atoms with Crippen molar-refractivity contribution in [1.82, 2.24) is 14.9 Å². The lowest BCUT2D eigenvalue weighted by atomic mass is 9.98. The molecule has 5 heteroatoms. The minimum absolute atomic E-state index is 0.0800. The first kappa shape index (κ1) is 16.7. The second kappa shape index (κ2) is 6.89. The molecule has 0 N–H and O–H groups in total. The Bertz CT molecular complexity index is 955. The SMILES string of the molecule is CC(=O)N1CCc2nc(-c3ccc(Cl)cc3)nc(-c3ccccc3)c2C1. The molecule has 0 atom stereocenters. The Morgan fingerprint density at radius 2 is 1.73 bits per heavy atom. The molecule has 1 aliphatic heterocycles. The van der Waals surface area contributed by atoms with Gasteiger partial charge in [0.25, 0.3) is 0 Å². The van der Waals surface area contributed by atoms with Crippen molar-refractivity contribution in [3.05, 3.63) is 70.9 Å². The Kier molecular flexibility index (Phi) is 4.43. The number of aromatic nitrogens is 2. The topological polar surface area (TPSA) is 46.1 Å². The van der Waals surface area contributed by atoms with Crippen molar-refractivity contribution in [2.45, 2.75) is 19.9 Å². The predicted molar refractivity (Wildman–Crippen MR) is 103 cm³/mol. The molecule has 0 fully saturated rings. The summed E-state index contributed by atoms with van der Waals surface area (Å²) in [5, 5.41) is 0.687. The van der Waals surface area contributed by atoms with Gasteiger partial charge in [-0.3, -0.25) is 4.79 Å². The van der Waals surface area contributed by atoms with E-state index in [1.807, 2.05) is 59.5 Å². The van der Waals surface area contributed by atoms with Crippen LogP contribution in [-0.4, -0.2) is 27.3 Å². The summed E-state index contributed by atoms with van der Waals surface area (Å²) >= 11 is 6.01. The quantitative estimate of drug-likeness (QED) is 0.679. The fraction of sp³-hybridized carbons (Fsp3) is 0.190. The van der Waals surface area contributed by atoms with Gasteiger partial charge in [-0.15, -0.1) is 0 Å². The second-order valence-electron chi connectivity index (χ2n) is 6.38. The molecule has 26 heavy (non-hydrogen) atoms. The zero-order chi connectivity index (χ0) is 18.1. The number of amides is 1. The number of hydrogen-bond acceptors (Lipinski definition) is 3. The first-order valence-electron chi connectivity index (χ1n) is 8.58. The lowest BCUT2D eigenvalue weighted by molar-refractivity contribution is -0.129. The number of halogens is 1. The van der Waals surface area contributed by atoms with Crippen LogP contribution in [0.25, 0.3) is 22.6 Å². The number of benzene rings is 2. The van der Waals surface area contributed by atoms with Crippen molar-refractivity contribution in [2.24, 2.45) is 0 Å². The lowest BCUT2D eigenvalue weighted by Crippen LogP contribution is -2.35. The molecule has 0 unspecified atom stereocenters. The highest BCUT2D eigenvalue weighted by Crippen LogP contribution is 2.31. The summed E-state index contributed by atoms with van der Waals surface area (Å²) in [5.41, 5.74) is 4.92. The molecule has 1 aromatic heterocycles. The average molecular weight is 364 g/mol. The van der Waals surface area contributed by atoms with E-state index in [-0.39, 0.29) is 5.91 Å². The number of carbonyl (C=O) groups is 1. The molecule has 0 saturated heterocycles. The third-order valence-corrected chi connectivity index (χ3v) is 4.91. The number of carbonyl (C=O) groups excluding carboxylic acids is 1. The van der Waals surface area contributed by atoms with Crippen LogP contribution in [0.5, 0.6) is 0 Å². The van der Waals surface area contributed by atoms with E-state index in [4.69, 9.17) is 21.6 Å². The monoisotopic (exact) mass is 363 g/mol. The predicted octanol–water partition coefficient (Wildman–Crippen LogP) is 4.37. The highest BCUT2D eigenvalue weighted by atomic mass is 35.5. The molecule has 1 aliphatic rings. The van der Waals surface area contributed by atoms with Crippen molar-refractivity contribution in [2.75, 3.05) is 6.54 Å². The van der Waals surface area contributed by atoms with E-state index < -0.39 is 0 Å². The summed E-state index contributed by atoms with van der Waals surface area (Å²) in [4.78, 5) is 23.4. The molecule has 0 radical (unpaired) electrons. The molecule has 0 bridgehead atoms. The van der Waals surface area contributed by atoms with Crippen molar-refractivity contribution < 1.29 is 4.79 Å². The summed E-state index contributed by atoms with van der Waals surface area (Å²) in [6.07, 6.45) is 0.734. The average Bonchev–Trinajstić information content (AvgIpc) is 2.68. The zero-order valence-electron chi connectivity index (χ0n) is 14.4. The van der Waals surface area contributed by atoms with Crippen molar-refractivity contribution in [3.8, 4) is 22.6 Å². The van der Waals surface area contributed by atoms with Crippen molar-refractivity contribution in [3.63, 3.8) is 0 Å². The molecule has 3 aromatic rings. The molecule has 0 saturated carbocycles. The Morgan fingerprint density at radius 1 is 1.00 bits per heavy atom. The van der Waals surface area contributed by atoms with Crippen LogP contribution in [0.15, 0.2) is 54.6 Å². The molecule has 4 nitrogen and oxygen atoms in total. The zero-order valence-corrected chi connectivity index (χ0v) is 15.2. The van der Waals surface area contributed by atoms with E-state index in [0.29, 0.717) is 23.9 Å². The van der Waals surface area contributed by atoms with Gasteiger partial charge >= 0.3 is 0 Å². The largest absolute Gasteiger partial charge is 0.338 e. The fourth-order valence-electron chi connectivity index (χ4n) is 3.25. The molecule has 0 spiro atoms. The van der Waals surface area contributed by atoms with Crippen LogP contribution < -0.4 is 0 Å². The molecule has 2 aromatic carbocycles. The summed E-state index contributed by atoms with van der Waals surface area (Å²) in [6.45, 7) is 2.85. The van der Waals surface area contributed by atoms with E-state index in [2.05, 4.69) is 0 Å². The molecule has 130 valence electrons. The Labute approximate surface area is 157 Å². The van der Waals surface area contributed by atoms with Gasteiger partial charge in [0, 0.05) is 48.1 Å². The maximum absolute atomic E-state index is 11.8. The molecular weight excluding hydrogens is 346 g/mol. The molecule has 1 amide bonds. The smallest absolute Gasteiger partial charge is 0.219 e. The van der Waals surface area contributed by atoms with Gasteiger partial charge in [0.1, 0.15) is 0 Å².